The van der Waals surface area contributed by atoms with Crippen molar-refractivity contribution in [3.63, 3.8) is 0 Å². The SMILES string of the molecule is Cc1ccc(N2CCN(C)CC2)c2c1CC[C@@H](N(Cc1ccccc1)Cc1ccccc1)C2. The number of fused-ring (bicyclic) bond motifs is 1. The van der Waals surface area contributed by atoms with E-state index >= 15 is 0 Å². The van der Waals surface area contributed by atoms with Gasteiger partial charge in [0.1, 0.15) is 0 Å². The summed E-state index contributed by atoms with van der Waals surface area (Å²) in [6.45, 7) is 8.89. The zero-order valence-electron chi connectivity index (χ0n) is 20.2. The van der Waals surface area contributed by atoms with Crippen molar-refractivity contribution in [1.29, 1.82) is 0 Å². The molecule has 0 aromatic heterocycles. The van der Waals surface area contributed by atoms with Crippen molar-refractivity contribution in [2.75, 3.05) is 38.1 Å². The number of hydrogen-bond acceptors (Lipinski definition) is 3. The Balaban J connectivity index is 1.43. The van der Waals surface area contributed by atoms with Crippen molar-refractivity contribution in [2.24, 2.45) is 0 Å². The quantitative estimate of drug-likeness (QED) is 0.516. The van der Waals surface area contributed by atoms with E-state index in [2.05, 4.69) is 101 Å². The van der Waals surface area contributed by atoms with Gasteiger partial charge in [0.15, 0.2) is 0 Å². The molecule has 0 radical (unpaired) electrons. The van der Waals surface area contributed by atoms with Crippen molar-refractivity contribution in [1.82, 2.24) is 9.80 Å². The zero-order valence-corrected chi connectivity index (χ0v) is 20.2. The lowest BCUT2D eigenvalue weighted by molar-refractivity contribution is 0.162. The number of hydrogen-bond donors (Lipinski definition) is 0. The van der Waals surface area contributed by atoms with Crippen LogP contribution in [-0.4, -0.2) is 49.1 Å². The molecule has 0 bridgehead atoms. The Morgan fingerprint density at radius 1 is 0.758 bits per heavy atom. The van der Waals surface area contributed by atoms with Gasteiger partial charge in [0.25, 0.3) is 0 Å². The minimum atomic E-state index is 0.561. The van der Waals surface area contributed by atoms with E-state index in [9.17, 15) is 0 Å². The van der Waals surface area contributed by atoms with E-state index < -0.39 is 0 Å². The van der Waals surface area contributed by atoms with Crippen molar-refractivity contribution < 1.29 is 0 Å². The zero-order chi connectivity index (χ0) is 22.6. The molecule has 1 aliphatic heterocycles. The van der Waals surface area contributed by atoms with Crippen LogP contribution in [0.1, 0.15) is 34.2 Å². The number of benzene rings is 3. The van der Waals surface area contributed by atoms with Gasteiger partial charge in [-0.15, -0.1) is 0 Å². The molecule has 33 heavy (non-hydrogen) atoms. The summed E-state index contributed by atoms with van der Waals surface area (Å²) in [5.41, 5.74) is 9.00. The Morgan fingerprint density at radius 2 is 1.36 bits per heavy atom. The second-order valence-electron chi connectivity index (χ2n) is 9.92. The highest BCUT2D eigenvalue weighted by Gasteiger charge is 2.29. The van der Waals surface area contributed by atoms with Crippen LogP contribution in [-0.2, 0) is 25.9 Å². The van der Waals surface area contributed by atoms with Gasteiger partial charge in [0, 0.05) is 51.0 Å². The molecule has 1 fully saturated rings. The largest absolute Gasteiger partial charge is 0.369 e. The van der Waals surface area contributed by atoms with Gasteiger partial charge < -0.3 is 9.80 Å². The number of anilines is 1. The smallest absolute Gasteiger partial charge is 0.0403 e. The van der Waals surface area contributed by atoms with Crippen LogP contribution in [0.3, 0.4) is 0 Å². The lowest BCUT2D eigenvalue weighted by atomic mass is 9.83. The van der Waals surface area contributed by atoms with Crippen LogP contribution < -0.4 is 4.90 Å². The maximum Gasteiger partial charge on any atom is 0.0403 e. The van der Waals surface area contributed by atoms with Crippen molar-refractivity contribution in [2.45, 2.75) is 45.3 Å². The molecule has 3 heteroatoms. The van der Waals surface area contributed by atoms with Crippen LogP contribution in [0.2, 0.25) is 0 Å². The maximum atomic E-state index is 2.73. The Hall–Kier alpha value is -2.62. The highest BCUT2D eigenvalue weighted by molar-refractivity contribution is 5.60. The third-order valence-corrected chi connectivity index (χ3v) is 7.63. The molecule has 1 atom stereocenters. The van der Waals surface area contributed by atoms with Crippen LogP contribution >= 0.6 is 0 Å². The summed E-state index contributed by atoms with van der Waals surface area (Å²) in [5, 5.41) is 0. The van der Waals surface area contributed by atoms with Crippen molar-refractivity contribution >= 4 is 5.69 Å². The molecule has 2 aliphatic rings. The molecule has 3 aromatic carbocycles. The van der Waals surface area contributed by atoms with Gasteiger partial charge in [0.05, 0.1) is 0 Å². The van der Waals surface area contributed by atoms with Crippen LogP contribution in [0.4, 0.5) is 5.69 Å². The third kappa shape index (κ3) is 5.15. The van der Waals surface area contributed by atoms with Crippen LogP contribution in [0.25, 0.3) is 0 Å². The molecule has 1 heterocycles. The number of piperazine rings is 1. The number of nitrogens with zero attached hydrogens (tertiary/aromatic N) is 3. The molecule has 3 aromatic rings. The summed E-state index contributed by atoms with van der Waals surface area (Å²) in [6.07, 6.45) is 3.57. The van der Waals surface area contributed by atoms with E-state index in [1.54, 1.807) is 11.1 Å². The van der Waals surface area contributed by atoms with Crippen LogP contribution in [0.5, 0.6) is 0 Å². The molecular formula is C30H37N3. The van der Waals surface area contributed by atoms with Gasteiger partial charge in [0.2, 0.25) is 0 Å². The fraction of sp³-hybridized carbons (Fsp3) is 0.400. The monoisotopic (exact) mass is 439 g/mol. The maximum absolute atomic E-state index is 2.73. The van der Waals surface area contributed by atoms with Gasteiger partial charge in [-0.2, -0.15) is 0 Å². The molecule has 172 valence electrons. The molecule has 5 rings (SSSR count). The average Bonchev–Trinajstić information content (AvgIpc) is 2.86. The first-order valence-corrected chi connectivity index (χ1v) is 12.5. The lowest BCUT2D eigenvalue weighted by Crippen LogP contribution is -2.45. The number of aryl methyl sites for hydroxylation is 1. The van der Waals surface area contributed by atoms with Gasteiger partial charge in [-0.1, -0.05) is 66.7 Å². The Bertz CT molecular complexity index is 997. The summed E-state index contributed by atoms with van der Waals surface area (Å²) in [5.74, 6) is 0. The Kier molecular flexibility index (Phi) is 6.80. The first kappa shape index (κ1) is 22.2. The summed E-state index contributed by atoms with van der Waals surface area (Å²) in [4.78, 5) is 7.81. The first-order chi connectivity index (χ1) is 16.2. The summed E-state index contributed by atoms with van der Waals surface area (Å²) < 4.78 is 0. The standard InChI is InChI=1S/C30H37N3/c1-24-13-16-30(32-19-17-31(2)18-20-32)29-21-27(14-15-28(24)29)33(22-25-9-5-3-6-10-25)23-26-11-7-4-8-12-26/h3-13,16,27H,14-15,17-23H2,1-2H3/t27-/m1/s1. The molecule has 0 saturated carbocycles. The van der Waals surface area contributed by atoms with E-state index in [-0.39, 0.29) is 0 Å². The summed E-state index contributed by atoms with van der Waals surface area (Å²) in [7, 11) is 2.24. The molecule has 0 unspecified atom stereocenters. The fourth-order valence-electron chi connectivity index (χ4n) is 5.63. The topological polar surface area (TPSA) is 9.72 Å². The lowest BCUT2D eigenvalue weighted by Gasteiger charge is -2.40. The number of rotatable bonds is 6. The number of likely N-dealkylation sites (N-methyl/N-ethyl adjacent to an activating group) is 1. The van der Waals surface area contributed by atoms with Gasteiger partial charge >= 0.3 is 0 Å². The minimum Gasteiger partial charge on any atom is -0.369 e. The van der Waals surface area contributed by atoms with E-state index in [0.29, 0.717) is 6.04 Å². The van der Waals surface area contributed by atoms with Gasteiger partial charge in [-0.05, 0) is 67.1 Å². The predicted octanol–water partition coefficient (Wildman–Crippen LogP) is 5.31. The molecule has 0 N–H and O–H groups in total. The van der Waals surface area contributed by atoms with E-state index in [4.69, 9.17) is 0 Å². The molecular weight excluding hydrogens is 402 g/mol. The minimum absolute atomic E-state index is 0.561. The molecule has 0 amide bonds. The normalized spacial score (nSPS) is 19.0. The predicted molar refractivity (Wildman–Crippen MR) is 139 cm³/mol. The van der Waals surface area contributed by atoms with E-state index in [1.165, 1.54) is 35.2 Å². The average molecular weight is 440 g/mol. The third-order valence-electron chi connectivity index (χ3n) is 7.63. The molecule has 1 aliphatic carbocycles. The van der Waals surface area contributed by atoms with Crippen LogP contribution in [0, 0.1) is 6.92 Å². The Morgan fingerprint density at radius 3 is 1.97 bits per heavy atom. The second kappa shape index (κ2) is 10.1. The van der Waals surface area contributed by atoms with Crippen molar-refractivity contribution in [3.8, 4) is 0 Å². The summed E-state index contributed by atoms with van der Waals surface area (Å²) in [6, 6.07) is 27.3. The highest BCUT2D eigenvalue weighted by Crippen LogP contribution is 2.35. The summed E-state index contributed by atoms with van der Waals surface area (Å²) >= 11 is 0. The molecule has 3 nitrogen and oxygen atoms in total. The van der Waals surface area contributed by atoms with Crippen LogP contribution in [0.15, 0.2) is 72.8 Å². The fourth-order valence-corrected chi connectivity index (χ4v) is 5.63. The van der Waals surface area contributed by atoms with Gasteiger partial charge in [-0.3, -0.25) is 4.90 Å². The first-order valence-electron chi connectivity index (χ1n) is 12.5. The molecule has 0 spiro atoms. The Labute approximate surface area is 199 Å². The second-order valence-corrected chi connectivity index (χ2v) is 9.92. The highest BCUT2D eigenvalue weighted by atomic mass is 15.2. The van der Waals surface area contributed by atoms with E-state index in [0.717, 1.165) is 45.7 Å². The van der Waals surface area contributed by atoms with E-state index in [1.807, 2.05) is 0 Å². The van der Waals surface area contributed by atoms with Crippen molar-refractivity contribution in [3.05, 3.63) is 101 Å². The molecule has 1 saturated heterocycles. The van der Waals surface area contributed by atoms with Gasteiger partial charge in [-0.25, -0.2) is 0 Å².